The second-order valence-corrected chi connectivity index (χ2v) is 3.99. The van der Waals surface area contributed by atoms with Gasteiger partial charge in [-0.15, -0.1) is 0 Å². The molecule has 1 heterocycles. The lowest BCUT2D eigenvalue weighted by Crippen LogP contribution is -2.13. The van der Waals surface area contributed by atoms with E-state index < -0.39 is 0 Å². The number of hydrogen-bond donors (Lipinski definition) is 2. The van der Waals surface area contributed by atoms with Crippen LogP contribution in [-0.2, 0) is 6.54 Å². The van der Waals surface area contributed by atoms with Crippen molar-refractivity contribution in [1.29, 1.82) is 0 Å². The van der Waals surface area contributed by atoms with Crippen LogP contribution in [0.15, 0.2) is 29.1 Å². The molecule has 0 bridgehead atoms. The van der Waals surface area contributed by atoms with Crippen LogP contribution >= 0.6 is 0 Å². The molecule has 0 fully saturated rings. The number of nitrogens with zero attached hydrogens (tertiary/aromatic N) is 1. The highest BCUT2D eigenvalue weighted by Gasteiger charge is 2.09. The maximum Gasteiger partial charge on any atom is 0.251 e. The van der Waals surface area contributed by atoms with Crippen molar-refractivity contribution in [1.82, 2.24) is 9.97 Å². The van der Waals surface area contributed by atoms with E-state index >= 15 is 0 Å². The Morgan fingerprint density at radius 2 is 2.17 bits per heavy atom. The van der Waals surface area contributed by atoms with Crippen molar-refractivity contribution in [3.63, 3.8) is 0 Å². The summed E-state index contributed by atoms with van der Waals surface area (Å²) in [4.78, 5) is 18.5. The molecule has 0 radical (unpaired) electrons. The molecule has 2 rings (SSSR count). The van der Waals surface area contributed by atoms with Crippen LogP contribution in [-0.4, -0.2) is 17.1 Å². The quantitative estimate of drug-likeness (QED) is 0.851. The van der Waals surface area contributed by atoms with Gasteiger partial charge >= 0.3 is 0 Å². The number of nitrogens with one attached hydrogen (secondary N) is 1. The Labute approximate surface area is 105 Å². The van der Waals surface area contributed by atoms with Gasteiger partial charge in [-0.25, -0.2) is 4.98 Å². The van der Waals surface area contributed by atoms with Crippen LogP contribution in [0.5, 0.6) is 5.75 Å². The second kappa shape index (κ2) is 5.01. The van der Waals surface area contributed by atoms with Crippen molar-refractivity contribution in [2.24, 2.45) is 5.73 Å². The normalized spacial score (nSPS) is 10.4. The molecule has 0 aliphatic carbocycles. The maximum atomic E-state index is 11.5. The fraction of sp³-hybridized carbons (Fsp3) is 0.231. The van der Waals surface area contributed by atoms with Crippen molar-refractivity contribution in [2.45, 2.75) is 13.5 Å². The number of methoxy groups -OCH3 is 1. The molecule has 0 spiro atoms. The lowest BCUT2D eigenvalue weighted by atomic mass is 10.1. The molecule has 5 nitrogen and oxygen atoms in total. The number of aryl methyl sites for hydroxylation is 1. The van der Waals surface area contributed by atoms with Crippen LogP contribution in [0.3, 0.4) is 0 Å². The first-order valence-electron chi connectivity index (χ1n) is 5.59. The van der Waals surface area contributed by atoms with Gasteiger partial charge in [0.1, 0.15) is 11.6 Å². The maximum absolute atomic E-state index is 11.5. The molecule has 0 unspecified atom stereocenters. The van der Waals surface area contributed by atoms with E-state index in [1.165, 1.54) is 6.07 Å². The van der Waals surface area contributed by atoms with Gasteiger partial charge in [0.25, 0.3) is 5.56 Å². The number of benzene rings is 1. The zero-order valence-corrected chi connectivity index (χ0v) is 10.4. The minimum Gasteiger partial charge on any atom is -0.496 e. The lowest BCUT2D eigenvalue weighted by Gasteiger charge is -2.09. The molecule has 5 heteroatoms. The van der Waals surface area contributed by atoms with Crippen LogP contribution in [0.2, 0.25) is 0 Å². The van der Waals surface area contributed by atoms with Gasteiger partial charge in [-0.2, -0.15) is 0 Å². The molecule has 3 N–H and O–H groups in total. The summed E-state index contributed by atoms with van der Waals surface area (Å²) in [6.45, 7) is 2.20. The molecule has 0 atom stereocenters. The lowest BCUT2D eigenvalue weighted by molar-refractivity contribution is 0.416. The summed E-state index contributed by atoms with van der Waals surface area (Å²) < 4.78 is 5.30. The van der Waals surface area contributed by atoms with E-state index in [2.05, 4.69) is 9.97 Å². The summed E-state index contributed by atoms with van der Waals surface area (Å²) in [5.41, 5.74) is 7.67. The number of aromatic nitrogens is 2. The first kappa shape index (κ1) is 12.3. The van der Waals surface area contributed by atoms with E-state index in [0.717, 1.165) is 11.1 Å². The molecule has 1 aromatic carbocycles. The molecule has 2 aromatic rings. The van der Waals surface area contributed by atoms with Crippen LogP contribution in [0.25, 0.3) is 11.4 Å². The fourth-order valence-corrected chi connectivity index (χ4v) is 1.73. The van der Waals surface area contributed by atoms with Crippen LogP contribution < -0.4 is 16.0 Å². The first-order valence-corrected chi connectivity index (χ1v) is 5.59. The predicted octanol–water partition coefficient (Wildman–Crippen LogP) is 1.21. The number of nitrogens with two attached hydrogens (primary N) is 1. The van der Waals surface area contributed by atoms with Crippen molar-refractivity contribution in [2.75, 3.05) is 7.11 Å². The summed E-state index contributed by atoms with van der Waals surface area (Å²) >= 11 is 0. The average Bonchev–Trinajstić information content (AvgIpc) is 2.37. The minimum absolute atomic E-state index is 0.219. The van der Waals surface area contributed by atoms with Crippen molar-refractivity contribution in [3.8, 4) is 17.1 Å². The number of ether oxygens (including phenoxy) is 1. The molecule has 0 saturated heterocycles. The van der Waals surface area contributed by atoms with Gasteiger partial charge in [0.05, 0.1) is 18.4 Å². The van der Waals surface area contributed by atoms with Crippen molar-refractivity contribution in [3.05, 3.63) is 45.9 Å². The molecule has 0 aliphatic heterocycles. The Kier molecular flexibility index (Phi) is 3.43. The van der Waals surface area contributed by atoms with Gasteiger partial charge in [0.15, 0.2) is 0 Å². The van der Waals surface area contributed by atoms with E-state index in [-0.39, 0.29) is 12.1 Å². The van der Waals surface area contributed by atoms with E-state index in [9.17, 15) is 4.79 Å². The Morgan fingerprint density at radius 3 is 2.83 bits per heavy atom. The number of H-pyrrole nitrogens is 1. The van der Waals surface area contributed by atoms with Crippen LogP contribution in [0.1, 0.15) is 11.3 Å². The zero-order chi connectivity index (χ0) is 13.1. The third-order valence-corrected chi connectivity index (χ3v) is 2.62. The number of rotatable bonds is 3. The first-order chi connectivity index (χ1) is 8.63. The molecular weight excluding hydrogens is 230 g/mol. The molecule has 0 aliphatic rings. The highest BCUT2D eigenvalue weighted by Crippen LogP contribution is 2.27. The third-order valence-electron chi connectivity index (χ3n) is 2.62. The summed E-state index contributed by atoms with van der Waals surface area (Å²) in [6, 6.07) is 7.09. The van der Waals surface area contributed by atoms with E-state index in [1.54, 1.807) is 7.11 Å². The standard InChI is InChI=1S/C13H15N3O2/c1-8-3-4-10(11(5-8)18-2)13-15-9(7-14)6-12(17)16-13/h3-6H,7,14H2,1-2H3,(H,15,16,17). The summed E-state index contributed by atoms with van der Waals surface area (Å²) in [5.74, 6) is 1.15. The molecule has 94 valence electrons. The Hall–Kier alpha value is -2.14. The number of hydrogen-bond acceptors (Lipinski definition) is 4. The second-order valence-electron chi connectivity index (χ2n) is 3.99. The predicted molar refractivity (Wildman–Crippen MR) is 69.5 cm³/mol. The minimum atomic E-state index is -0.219. The SMILES string of the molecule is COc1cc(C)ccc1-c1nc(CN)cc(=O)[nH]1. The highest BCUT2D eigenvalue weighted by molar-refractivity contribution is 5.64. The highest BCUT2D eigenvalue weighted by atomic mass is 16.5. The molecule has 18 heavy (non-hydrogen) atoms. The molecular formula is C13H15N3O2. The topological polar surface area (TPSA) is 81.0 Å². The smallest absolute Gasteiger partial charge is 0.251 e. The molecule has 0 amide bonds. The summed E-state index contributed by atoms with van der Waals surface area (Å²) in [7, 11) is 1.59. The van der Waals surface area contributed by atoms with Crippen molar-refractivity contribution < 1.29 is 4.74 Å². The largest absolute Gasteiger partial charge is 0.496 e. The van der Waals surface area contributed by atoms with E-state index in [4.69, 9.17) is 10.5 Å². The van der Waals surface area contributed by atoms with E-state index in [1.807, 2.05) is 25.1 Å². The van der Waals surface area contributed by atoms with Crippen LogP contribution in [0, 0.1) is 6.92 Å². The fourth-order valence-electron chi connectivity index (χ4n) is 1.73. The monoisotopic (exact) mass is 245 g/mol. The molecule has 0 saturated carbocycles. The van der Waals surface area contributed by atoms with Gasteiger partial charge in [-0.1, -0.05) is 6.07 Å². The Bertz CT molecular complexity index is 620. The average molecular weight is 245 g/mol. The zero-order valence-electron chi connectivity index (χ0n) is 10.4. The Balaban J connectivity index is 2.61. The van der Waals surface area contributed by atoms with Gasteiger partial charge in [0.2, 0.25) is 0 Å². The number of aromatic amines is 1. The van der Waals surface area contributed by atoms with Gasteiger partial charge in [-0.3, -0.25) is 4.79 Å². The summed E-state index contributed by atoms with van der Waals surface area (Å²) in [5, 5.41) is 0. The van der Waals surface area contributed by atoms with Gasteiger partial charge in [0, 0.05) is 12.6 Å². The third kappa shape index (κ3) is 2.41. The van der Waals surface area contributed by atoms with Crippen LogP contribution in [0.4, 0.5) is 0 Å². The molecule has 1 aromatic heterocycles. The van der Waals surface area contributed by atoms with E-state index in [0.29, 0.717) is 17.3 Å². The van der Waals surface area contributed by atoms with Gasteiger partial charge < -0.3 is 15.5 Å². The Morgan fingerprint density at radius 1 is 1.39 bits per heavy atom. The summed E-state index contributed by atoms with van der Waals surface area (Å²) in [6.07, 6.45) is 0. The van der Waals surface area contributed by atoms with Gasteiger partial charge in [-0.05, 0) is 24.6 Å². The van der Waals surface area contributed by atoms with Crippen molar-refractivity contribution >= 4 is 0 Å².